The molecule has 2 aromatic carbocycles. The third-order valence-electron chi connectivity index (χ3n) is 5.52. The number of carbonyl (C=O) groups excluding carboxylic acids is 1. The summed E-state index contributed by atoms with van der Waals surface area (Å²) in [6.45, 7) is 5.22. The monoisotopic (exact) mass is 459 g/mol. The van der Waals surface area contributed by atoms with E-state index in [0.717, 1.165) is 44.2 Å². The Morgan fingerprint density at radius 3 is 1.94 bits per heavy atom. The van der Waals surface area contributed by atoms with Crippen molar-refractivity contribution in [3.05, 3.63) is 36.4 Å². The molecule has 0 aliphatic carbocycles. The van der Waals surface area contributed by atoms with Crippen molar-refractivity contribution in [1.29, 1.82) is 0 Å². The molecule has 1 amide bonds. The lowest BCUT2D eigenvalue weighted by atomic mass is 10.2. The van der Waals surface area contributed by atoms with Crippen molar-refractivity contribution in [3.63, 3.8) is 0 Å². The molecule has 1 saturated heterocycles. The van der Waals surface area contributed by atoms with Crippen LogP contribution in [0.2, 0.25) is 0 Å². The van der Waals surface area contributed by atoms with Crippen LogP contribution in [0.5, 0.6) is 28.7 Å². The van der Waals surface area contributed by atoms with Crippen molar-refractivity contribution in [2.45, 2.75) is 0 Å². The lowest BCUT2D eigenvalue weighted by Gasteiger charge is -2.34. The van der Waals surface area contributed by atoms with Gasteiger partial charge in [-0.05, 0) is 24.3 Å². The molecule has 1 aliphatic rings. The van der Waals surface area contributed by atoms with E-state index in [0.29, 0.717) is 36.1 Å². The van der Waals surface area contributed by atoms with Crippen LogP contribution >= 0.6 is 0 Å². The molecule has 1 fully saturated rings. The summed E-state index contributed by atoms with van der Waals surface area (Å²) in [6.07, 6.45) is 0. The van der Waals surface area contributed by atoms with Crippen molar-refractivity contribution < 1.29 is 28.5 Å². The van der Waals surface area contributed by atoms with E-state index in [2.05, 4.69) is 15.1 Å². The predicted molar refractivity (Wildman–Crippen MR) is 126 cm³/mol. The number of amides is 1. The molecule has 0 spiro atoms. The first kappa shape index (κ1) is 24.5. The Balaban J connectivity index is 1.41. The third kappa shape index (κ3) is 6.90. The van der Waals surface area contributed by atoms with Crippen molar-refractivity contribution in [1.82, 2.24) is 9.80 Å². The number of carbonyl (C=O) groups is 1. The second kappa shape index (κ2) is 12.2. The fourth-order valence-corrected chi connectivity index (χ4v) is 3.69. The molecule has 2 aromatic rings. The minimum Gasteiger partial charge on any atom is -0.497 e. The number of rotatable bonds is 11. The molecule has 1 N–H and O–H groups in total. The van der Waals surface area contributed by atoms with Gasteiger partial charge < -0.3 is 29.0 Å². The number of hydrogen-bond donors (Lipinski definition) is 1. The van der Waals surface area contributed by atoms with Gasteiger partial charge in [0, 0.05) is 50.5 Å². The first-order chi connectivity index (χ1) is 16.1. The molecule has 9 heteroatoms. The van der Waals surface area contributed by atoms with Gasteiger partial charge in [0.25, 0.3) is 0 Å². The van der Waals surface area contributed by atoms with Gasteiger partial charge in [-0.3, -0.25) is 14.6 Å². The van der Waals surface area contributed by atoms with Gasteiger partial charge >= 0.3 is 0 Å². The van der Waals surface area contributed by atoms with Gasteiger partial charge in [0.15, 0.2) is 11.5 Å². The van der Waals surface area contributed by atoms with Crippen molar-refractivity contribution in [2.24, 2.45) is 0 Å². The van der Waals surface area contributed by atoms with E-state index in [1.54, 1.807) is 40.6 Å². The maximum atomic E-state index is 12.6. The Morgan fingerprint density at radius 1 is 0.818 bits per heavy atom. The van der Waals surface area contributed by atoms with Crippen LogP contribution in [0.4, 0.5) is 5.69 Å². The van der Waals surface area contributed by atoms with Gasteiger partial charge in [0.2, 0.25) is 11.7 Å². The van der Waals surface area contributed by atoms with Crippen LogP contribution < -0.4 is 29.0 Å². The zero-order chi connectivity index (χ0) is 23.6. The fraction of sp³-hybridized carbons (Fsp3) is 0.458. The van der Waals surface area contributed by atoms with Crippen molar-refractivity contribution >= 4 is 11.6 Å². The summed E-state index contributed by atoms with van der Waals surface area (Å²) in [5.74, 6) is 3.05. The zero-order valence-corrected chi connectivity index (χ0v) is 19.8. The number of hydrogen-bond acceptors (Lipinski definition) is 8. The lowest BCUT2D eigenvalue weighted by molar-refractivity contribution is -0.117. The number of piperazine rings is 1. The summed E-state index contributed by atoms with van der Waals surface area (Å²) in [5, 5.41) is 2.92. The number of ether oxygens (including phenoxy) is 5. The summed E-state index contributed by atoms with van der Waals surface area (Å²) in [4.78, 5) is 17.1. The Bertz CT molecular complexity index is 873. The molecule has 0 unspecified atom stereocenters. The normalized spacial score (nSPS) is 14.4. The lowest BCUT2D eigenvalue weighted by Crippen LogP contribution is -2.49. The molecule has 0 aromatic heterocycles. The first-order valence-electron chi connectivity index (χ1n) is 10.9. The van der Waals surface area contributed by atoms with Gasteiger partial charge in [-0.25, -0.2) is 0 Å². The molecular weight excluding hydrogens is 426 g/mol. The van der Waals surface area contributed by atoms with Crippen LogP contribution in [0.15, 0.2) is 36.4 Å². The molecule has 0 bridgehead atoms. The number of nitrogens with one attached hydrogen (secondary N) is 1. The molecule has 0 saturated carbocycles. The zero-order valence-electron chi connectivity index (χ0n) is 19.8. The van der Waals surface area contributed by atoms with Crippen LogP contribution in [0.3, 0.4) is 0 Å². The topological polar surface area (TPSA) is 81.7 Å². The maximum Gasteiger partial charge on any atom is 0.238 e. The van der Waals surface area contributed by atoms with Gasteiger partial charge in [0.1, 0.15) is 18.1 Å². The smallest absolute Gasteiger partial charge is 0.238 e. The number of anilines is 1. The summed E-state index contributed by atoms with van der Waals surface area (Å²) < 4.78 is 27.0. The summed E-state index contributed by atoms with van der Waals surface area (Å²) in [5.41, 5.74) is 0.601. The van der Waals surface area contributed by atoms with E-state index in [9.17, 15) is 4.79 Å². The van der Waals surface area contributed by atoms with E-state index >= 15 is 0 Å². The predicted octanol–water partition coefficient (Wildman–Crippen LogP) is 2.36. The highest BCUT2D eigenvalue weighted by Crippen LogP contribution is 2.39. The first-order valence-corrected chi connectivity index (χ1v) is 10.9. The SMILES string of the molecule is COc1ccc(OCCN2CCN(CC(=O)Nc3cc(OC)c(OC)c(OC)c3)CC2)cc1. The average molecular weight is 460 g/mol. The molecule has 1 aliphatic heterocycles. The molecule has 0 atom stereocenters. The van der Waals surface area contributed by atoms with Crippen LogP contribution in [0.25, 0.3) is 0 Å². The summed E-state index contributed by atoms with van der Waals surface area (Å²) in [7, 11) is 6.28. The summed E-state index contributed by atoms with van der Waals surface area (Å²) >= 11 is 0. The second-order valence-corrected chi connectivity index (χ2v) is 7.60. The largest absolute Gasteiger partial charge is 0.497 e. The minimum atomic E-state index is -0.0828. The Kier molecular flexibility index (Phi) is 9.03. The number of benzene rings is 2. The molecule has 0 radical (unpaired) electrons. The number of methoxy groups -OCH3 is 4. The molecule has 9 nitrogen and oxygen atoms in total. The van der Waals surface area contributed by atoms with E-state index in [1.165, 1.54) is 0 Å². The highest BCUT2D eigenvalue weighted by Gasteiger charge is 2.20. The van der Waals surface area contributed by atoms with Crippen LogP contribution in [-0.2, 0) is 4.79 Å². The van der Waals surface area contributed by atoms with Gasteiger partial charge in [-0.15, -0.1) is 0 Å². The summed E-state index contributed by atoms with van der Waals surface area (Å²) in [6, 6.07) is 11.0. The van der Waals surface area contributed by atoms with Gasteiger partial charge in [-0.2, -0.15) is 0 Å². The molecule has 180 valence electrons. The molecule has 1 heterocycles. The average Bonchev–Trinajstić information content (AvgIpc) is 2.84. The van der Waals surface area contributed by atoms with Gasteiger partial charge in [-0.1, -0.05) is 0 Å². The van der Waals surface area contributed by atoms with E-state index in [4.69, 9.17) is 23.7 Å². The maximum absolute atomic E-state index is 12.6. The second-order valence-electron chi connectivity index (χ2n) is 7.60. The highest BCUT2D eigenvalue weighted by molar-refractivity contribution is 5.93. The van der Waals surface area contributed by atoms with Crippen LogP contribution in [-0.4, -0.2) is 90.0 Å². The Labute approximate surface area is 195 Å². The third-order valence-corrected chi connectivity index (χ3v) is 5.52. The standard InChI is InChI=1S/C24H33N3O6/c1-29-19-5-7-20(8-6-19)33-14-13-26-9-11-27(12-10-26)17-23(28)25-18-15-21(30-2)24(32-4)22(16-18)31-3/h5-8,15-16H,9-14,17H2,1-4H3,(H,25,28). The van der Waals surface area contributed by atoms with E-state index in [1.807, 2.05) is 24.3 Å². The van der Waals surface area contributed by atoms with Crippen molar-refractivity contribution in [2.75, 3.05) is 79.6 Å². The number of nitrogens with zero attached hydrogens (tertiary/aromatic N) is 2. The van der Waals surface area contributed by atoms with Crippen molar-refractivity contribution in [3.8, 4) is 28.7 Å². The fourth-order valence-electron chi connectivity index (χ4n) is 3.69. The Morgan fingerprint density at radius 2 is 1.39 bits per heavy atom. The van der Waals surface area contributed by atoms with E-state index < -0.39 is 0 Å². The molecular formula is C24H33N3O6. The quantitative estimate of drug-likeness (QED) is 0.549. The minimum absolute atomic E-state index is 0.0828. The molecule has 33 heavy (non-hydrogen) atoms. The van der Waals surface area contributed by atoms with Crippen LogP contribution in [0.1, 0.15) is 0 Å². The molecule has 3 rings (SSSR count). The van der Waals surface area contributed by atoms with Crippen LogP contribution in [0, 0.1) is 0 Å². The Hall–Kier alpha value is -3.17. The van der Waals surface area contributed by atoms with Gasteiger partial charge in [0.05, 0.1) is 35.0 Å². The highest BCUT2D eigenvalue weighted by atomic mass is 16.5. The van der Waals surface area contributed by atoms with E-state index in [-0.39, 0.29) is 5.91 Å².